The lowest BCUT2D eigenvalue weighted by Crippen LogP contribution is -2.32. The highest BCUT2D eigenvalue weighted by Crippen LogP contribution is 2.21. The zero-order valence-corrected chi connectivity index (χ0v) is 7.78. The van der Waals surface area contributed by atoms with Gasteiger partial charge in [-0.2, -0.15) is 0 Å². The summed E-state index contributed by atoms with van der Waals surface area (Å²) in [6.45, 7) is 0. The van der Waals surface area contributed by atoms with Crippen LogP contribution in [0.4, 0.5) is 0 Å². The van der Waals surface area contributed by atoms with Gasteiger partial charge in [-0.3, -0.25) is 0 Å². The van der Waals surface area contributed by atoms with Crippen LogP contribution in [0.1, 0.15) is 19.3 Å². The van der Waals surface area contributed by atoms with Gasteiger partial charge in [-0.1, -0.05) is 0 Å². The number of esters is 1. The van der Waals surface area contributed by atoms with Gasteiger partial charge in [0.25, 0.3) is 0 Å². The molecule has 0 atom stereocenters. The van der Waals surface area contributed by atoms with E-state index < -0.39 is 11.9 Å². The van der Waals surface area contributed by atoms with Crippen molar-refractivity contribution in [1.29, 1.82) is 0 Å². The summed E-state index contributed by atoms with van der Waals surface area (Å²) in [5.74, 6) is -1.87. The van der Waals surface area contributed by atoms with E-state index in [0.717, 1.165) is 24.3 Å². The van der Waals surface area contributed by atoms with E-state index in [4.69, 9.17) is 4.74 Å². The maximum absolute atomic E-state index is 11.0. The lowest BCUT2D eigenvalue weighted by Gasteiger charge is -2.24. The third kappa shape index (κ3) is 3.02. The van der Waals surface area contributed by atoms with E-state index >= 15 is 0 Å². The molecule has 1 rings (SSSR count). The first-order chi connectivity index (χ1) is 6.09. The van der Waals surface area contributed by atoms with Crippen molar-refractivity contribution >= 4 is 11.9 Å². The molecular formula is C8H13NO4. The minimum absolute atomic E-state index is 0.0813. The summed E-state index contributed by atoms with van der Waals surface area (Å²) in [6.07, 6.45) is 2.67. The van der Waals surface area contributed by atoms with Crippen LogP contribution < -0.4 is 0 Å². The van der Waals surface area contributed by atoms with Crippen molar-refractivity contribution in [2.24, 2.45) is 0 Å². The highest BCUT2D eigenvalue weighted by Gasteiger charge is 2.27. The van der Waals surface area contributed by atoms with Crippen molar-refractivity contribution in [2.45, 2.75) is 25.4 Å². The molecule has 1 aliphatic carbocycles. The van der Waals surface area contributed by atoms with Gasteiger partial charge in [0.05, 0.1) is 0 Å². The van der Waals surface area contributed by atoms with E-state index in [9.17, 15) is 9.59 Å². The molecular weight excluding hydrogens is 174 g/mol. The van der Waals surface area contributed by atoms with Gasteiger partial charge >= 0.3 is 11.9 Å². The second-order valence-electron chi connectivity index (χ2n) is 3.15. The third-order valence-electron chi connectivity index (χ3n) is 1.76. The van der Waals surface area contributed by atoms with Crippen molar-refractivity contribution in [3.63, 3.8) is 0 Å². The molecule has 13 heavy (non-hydrogen) atoms. The largest absolute Gasteiger partial charge is 0.454 e. The first-order valence-corrected chi connectivity index (χ1v) is 4.20. The Hall–Kier alpha value is -1.10. The summed E-state index contributed by atoms with van der Waals surface area (Å²) in [7, 11) is 3.04. The molecule has 1 fully saturated rings. The molecule has 0 aromatic heterocycles. The van der Waals surface area contributed by atoms with E-state index in [1.807, 2.05) is 0 Å². The molecule has 0 bridgehead atoms. The van der Waals surface area contributed by atoms with Gasteiger partial charge in [-0.05, 0) is 19.3 Å². The third-order valence-corrected chi connectivity index (χ3v) is 1.76. The maximum atomic E-state index is 11.0. The first kappa shape index (κ1) is 9.98. The summed E-state index contributed by atoms with van der Waals surface area (Å²) < 4.78 is 4.81. The van der Waals surface area contributed by atoms with Gasteiger partial charge in [0, 0.05) is 14.1 Å². The van der Waals surface area contributed by atoms with Crippen molar-refractivity contribution in [3.05, 3.63) is 0 Å². The van der Waals surface area contributed by atoms with Gasteiger partial charge in [-0.15, -0.1) is 5.06 Å². The van der Waals surface area contributed by atoms with E-state index in [2.05, 4.69) is 4.84 Å². The van der Waals surface area contributed by atoms with Crippen LogP contribution in [0, 0.1) is 0 Å². The molecule has 0 amide bonds. The van der Waals surface area contributed by atoms with Crippen molar-refractivity contribution in [1.82, 2.24) is 5.06 Å². The van der Waals surface area contributed by atoms with Crippen LogP contribution >= 0.6 is 0 Å². The summed E-state index contributed by atoms with van der Waals surface area (Å²) in [4.78, 5) is 26.4. The summed E-state index contributed by atoms with van der Waals surface area (Å²) in [5, 5.41) is 1.16. The zero-order chi connectivity index (χ0) is 9.84. The zero-order valence-electron chi connectivity index (χ0n) is 7.78. The number of nitrogens with zero attached hydrogens (tertiary/aromatic N) is 1. The molecule has 0 saturated heterocycles. The number of ether oxygens (including phenoxy) is 1. The van der Waals surface area contributed by atoms with Crippen LogP contribution in [0.15, 0.2) is 0 Å². The Balaban J connectivity index is 2.25. The second kappa shape index (κ2) is 4.23. The number of carbonyl (C=O) groups is 2. The van der Waals surface area contributed by atoms with Crippen molar-refractivity contribution in [2.75, 3.05) is 14.1 Å². The normalized spacial score (nSPS) is 16.5. The predicted molar refractivity (Wildman–Crippen MR) is 43.5 cm³/mol. The average molecular weight is 187 g/mol. The fourth-order valence-electron chi connectivity index (χ4n) is 0.891. The highest BCUT2D eigenvalue weighted by molar-refractivity contribution is 6.29. The van der Waals surface area contributed by atoms with E-state index in [1.165, 1.54) is 14.1 Å². The Morgan fingerprint density at radius 2 is 1.85 bits per heavy atom. The van der Waals surface area contributed by atoms with E-state index in [0.29, 0.717) is 0 Å². The van der Waals surface area contributed by atoms with Crippen LogP contribution in [0.25, 0.3) is 0 Å². The van der Waals surface area contributed by atoms with Gasteiger partial charge < -0.3 is 9.57 Å². The van der Waals surface area contributed by atoms with E-state index in [1.54, 1.807) is 0 Å². The number of rotatable bonds is 2. The van der Waals surface area contributed by atoms with Crippen LogP contribution in [-0.4, -0.2) is 37.2 Å². The molecule has 0 aromatic rings. The monoisotopic (exact) mass is 187 g/mol. The standard InChI is InChI=1S/C8H13NO4/c1-9(2)13-8(11)7(10)12-6-4-3-5-6/h6H,3-5H2,1-2H3. The number of hydrogen-bond acceptors (Lipinski definition) is 5. The Morgan fingerprint density at radius 1 is 1.23 bits per heavy atom. The Bertz CT molecular complexity index is 210. The molecule has 5 heteroatoms. The van der Waals surface area contributed by atoms with Crippen LogP contribution in [0.3, 0.4) is 0 Å². The fourth-order valence-corrected chi connectivity index (χ4v) is 0.891. The van der Waals surface area contributed by atoms with E-state index in [-0.39, 0.29) is 6.10 Å². The summed E-state index contributed by atoms with van der Waals surface area (Å²) in [5.41, 5.74) is 0. The number of hydrogen-bond donors (Lipinski definition) is 0. The fraction of sp³-hybridized carbons (Fsp3) is 0.750. The molecule has 0 aromatic carbocycles. The smallest absolute Gasteiger partial charge is 0.436 e. The van der Waals surface area contributed by atoms with Gasteiger partial charge in [-0.25, -0.2) is 9.59 Å². The molecule has 0 heterocycles. The molecule has 1 aliphatic rings. The van der Waals surface area contributed by atoms with Gasteiger partial charge in [0.15, 0.2) is 0 Å². The molecule has 0 aliphatic heterocycles. The predicted octanol–water partition coefficient (Wildman–Crippen LogP) is 0.102. The lowest BCUT2D eigenvalue weighted by molar-refractivity contribution is -0.194. The molecule has 5 nitrogen and oxygen atoms in total. The SMILES string of the molecule is CN(C)OC(=O)C(=O)OC1CCC1. The summed E-state index contributed by atoms with van der Waals surface area (Å²) in [6, 6.07) is 0. The molecule has 74 valence electrons. The highest BCUT2D eigenvalue weighted by atomic mass is 16.7. The van der Waals surface area contributed by atoms with Crippen molar-refractivity contribution in [3.8, 4) is 0 Å². The van der Waals surface area contributed by atoms with Gasteiger partial charge in [0.2, 0.25) is 0 Å². The molecule has 1 saturated carbocycles. The average Bonchev–Trinajstić information content (AvgIpc) is 1.94. The first-order valence-electron chi connectivity index (χ1n) is 4.20. The minimum Gasteiger partial charge on any atom is -0.454 e. The molecule has 0 N–H and O–H groups in total. The van der Waals surface area contributed by atoms with Crippen LogP contribution in [0.5, 0.6) is 0 Å². The molecule has 0 radical (unpaired) electrons. The maximum Gasteiger partial charge on any atom is 0.436 e. The quantitative estimate of drug-likeness (QED) is 0.348. The Morgan fingerprint density at radius 3 is 2.23 bits per heavy atom. The topological polar surface area (TPSA) is 55.8 Å². The van der Waals surface area contributed by atoms with Gasteiger partial charge in [0.1, 0.15) is 6.10 Å². The number of carbonyl (C=O) groups excluding carboxylic acids is 2. The Kier molecular flexibility index (Phi) is 3.25. The van der Waals surface area contributed by atoms with Crippen LogP contribution in [0.2, 0.25) is 0 Å². The molecule has 0 spiro atoms. The minimum atomic E-state index is -0.961. The van der Waals surface area contributed by atoms with Crippen LogP contribution in [-0.2, 0) is 19.2 Å². The number of hydroxylamine groups is 2. The second-order valence-corrected chi connectivity index (χ2v) is 3.15. The lowest BCUT2D eigenvalue weighted by atomic mass is 9.96. The summed E-state index contributed by atoms with van der Waals surface area (Å²) >= 11 is 0. The Labute approximate surface area is 76.6 Å². The van der Waals surface area contributed by atoms with Crippen molar-refractivity contribution < 1.29 is 19.2 Å². The molecule has 0 unspecified atom stereocenters.